The van der Waals surface area contributed by atoms with E-state index >= 15 is 0 Å². The van der Waals surface area contributed by atoms with E-state index in [4.69, 9.17) is 9.47 Å². The first-order valence-electron chi connectivity index (χ1n) is 18.7. The van der Waals surface area contributed by atoms with Gasteiger partial charge in [-0.1, -0.05) is 106 Å². The summed E-state index contributed by atoms with van der Waals surface area (Å²) in [5.74, 6) is -2.11. The van der Waals surface area contributed by atoms with E-state index in [0.717, 1.165) is 33.4 Å². The van der Waals surface area contributed by atoms with Crippen molar-refractivity contribution in [3.05, 3.63) is 120 Å². The molecule has 1 aliphatic heterocycles. The van der Waals surface area contributed by atoms with Crippen LogP contribution in [0.25, 0.3) is 11.1 Å². The van der Waals surface area contributed by atoms with Gasteiger partial charge >= 0.3 is 12.1 Å². The van der Waals surface area contributed by atoms with Crippen molar-refractivity contribution in [3.63, 3.8) is 0 Å². The first kappa shape index (κ1) is 40.0. The van der Waals surface area contributed by atoms with E-state index in [1.54, 1.807) is 17.1 Å². The van der Waals surface area contributed by atoms with E-state index in [9.17, 15) is 24.3 Å². The number of carbonyl (C=O) groups is 4. The number of alkyl carbamates (subject to hydrolysis) is 1. The summed E-state index contributed by atoms with van der Waals surface area (Å²) >= 11 is 0. The van der Waals surface area contributed by atoms with Crippen LogP contribution in [-0.4, -0.2) is 71.8 Å². The molecule has 3 aromatic rings. The van der Waals surface area contributed by atoms with Crippen LogP contribution in [0.3, 0.4) is 0 Å². The number of aliphatic hydroxyl groups excluding tert-OH is 1. The van der Waals surface area contributed by atoms with E-state index in [0.29, 0.717) is 19.4 Å². The number of benzene rings is 3. The summed E-state index contributed by atoms with van der Waals surface area (Å²) in [4.78, 5) is 55.6. The molecule has 0 aromatic heterocycles. The standard InChI is InChI=1S/C44H53N3O7/c1-6-8-22-38(45-43(52)54-27-37-35-20-13-11-18-33(35)34-19-12-14-21-36(34)37)42(51)53-28-39(44(3,4)5)46-41(50)30(15-7-2)24-40(49)47-25-31-17-10-9-16-29(31)23-32(47)26-48/h6-7,9-14,16-21,30,32,37-39,48H,1-2,8,15,22-28H2,3-5H3,(H,45,52)(H,46,50). The minimum atomic E-state index is -1.00. The quantitative estimate of drug-likeness (QED) is 0.114. The lowest BCUT2D eigenvalue weighted by Crippen LogP contribution is -2.51. The molecule has 2 aliphatic rings. The number of rotatable bonds is 16. The monoisotopic (exact) mass is 735 g/mol. The molecular formula is C44H53N3O7. The number of fused-ring (bicyclic) bond motifs is 4. The fourth-order valence-electron chi connectivity index (χ4n) is 7.23. The van der Waals surface area contributed by atoms with E-state index in [1.165, 1.54) is 0 Å². The molecule has 0 bridgehead atoms. The molecule has 3 amide bonds. The predicted octanol–water partition coefficient (Wildman–Crippen LogP) is 6.46. The van der Waals surface area contributed by atoms with Gasteiger partial charge in [-0.3, -0.25) is 9.59 Å². The third-order valence-electron chi connectivity index (χ3n) is 10.5. The van der Waals surface area contributed by atoms with Gasteiger partial charge in [-0.15, -0.1) is 13.2 Å². The highest BCUT2D eigenvalue weighted by Crippen LogP contribution is 2.44. The lowest BCUT2D eigenvalue weighted by molar-refractivity contribution is -0.148. The summed E-state index contributed by atoms with van der Waals surface area (Å²) in [6, 6.07) is 22.0. The SMILES string of the molecule is C=CCCC(NC(=O)OCC1c2ccccc2-c2ccccc21)C(=O)OCC(NC(=O)C(CC=C)CC(=O)N1Cc2ccccc2CC1CO)C(C)(C)C. The number of hydrogen-bond donors (Lipinski definition) is 3. The van der Waals surface area contributed by atoms with Gasteiger partial charge in [0.2, 0.25) is 11.8 Å². The van der Waals surface area contributed by atoms with Crippen molar-refractivity contribution < 1.29 is 33.8 Å². The van der Waals surface area contributed by atoms with Crippen molar-refractivity contribution in [1.29, 1.82) is 0 Å². The average molecular weight is 736 g/mol. The Kier molecular flexibility index (Phi) is 13.5. The zero-order valence-electron chi connectivity index (χ0n) is 31.6. The Morgan fingerprint density at radius 2 is 1.52 bits per heavy atom. The molecule has 5 rings (SSSR count). The third-order valence-corrected chi connectivity index (χ3v) is 10.5. The summed E-state index contributed by atoms with van der Waals surface area (Å²) in [5.41, 5.74) is 5.97. The maximum absolute atomic E-state index is 13.8. The molecular weight excluding hydrogens is 682 g/mol. The Morgan fingerprint density at radius 1 is 0.889 bits per heavy atom. The molecule has 10 heteroatoms. The molecule has 1 aliphatic carbocycles. The zero-order valence-corrected chi connectivity index (χ0v) is 31.6. The number of aliphatic hydroxyl groups is 1. The highest BCUT2D eigenvalue weighted by molar-refractivity contribution is 5.87. The van der Waals surface area contributed by atoms with Crippen LogP contribution in [0, 0.1) is 11.3 Å². The van der Waals surface area contributed by atoms with Crippen LogP contribution >= 0.6 is 0 Å². The van der Waals surface area contributed by atoms with Gasteiger partial charge in [-0.05, 0) is 64.5 Å². The lowest BCUT2D eigenvalue weighted by atomic mass is 9.86. The minimum absolute atomic E-state index is 0.0686. The Labute approximate surface area is 318 Å². The summed E-state index contributed by atoms with van der Waals surface area (Å²) in [5, 5.41) is 15.8. The summed E-state index contributed by atoms with van der Waals surface area (Å²) in [6.45, 7) is 13.4. The molecule has 0 fully saturated rings. The van der Waals surface area contributed by atoms with Gasteiger partial charge in [-0.2, -0.15) is 0 Å². The molecule has 0 radical (unpaired) electrons. The number of amides is 3. The molecule has 0 saturated carbocycles. The van der Waals surface area contributed by atoms with E-state index in [2.05, 4.69) is 35.9 Å². The predicted molar refractivity (Wildman–Crippen MR) is 208 cm³/mol. The average Bonchev–Trinajstić information content (AvgIpc) is 3.49. The molecule has 286 valence electrons. The van der Waals surface area contributed by atoms with Gasteiger partial charge in [0.25, 0.3) is 0 Å². The highest BCUT2D eigenvalue weighted by atomic mass is 16.6. The molecule has 3 N–H and O–H groups in total. The molecule has 4 unspecified atom stereocenters. The summed E-state index contributed by atoms with van der Waals surface area (Å²) in [7, 11) is 0. The van der Waals surface area contributed by atoms with Crippen LogP contribution in [0.2, 0.25) is 0 Å². The van der Waals surface area contributed by atoms with E-state index < -0.39 is 35.5 Å². The molecule has 1 heterocycles. The van der Waals surface area contributed by atoms with Gasteiger partial charge < -0.3 is 30.1 Å². The second kappa shape index (κ2) is 18.2. The second-order valence-corrected chi connectivity index (χ2v) is 15.2. The van der Waals surface area contributed by atoms with Crippen LogP contribution < -0.4 is 10.6 Å². The Balaban J connectivity index is 1.19. The van der Waals surface area contributed by atoms with Crippen molar-refractivity contribution in [2.75, 3.05) is 19.8 Å². The van der Waals surface area contributed by atoms with Crippen molar-refractivity contribution in [2.45, 2.75) is 83.5 Å². The van der Waals surface area contributed by atoms with Crippen LogP contribution in [0.5, 0.6) is 0 Å². The topological polar surface area (TPSA) is 134 Å². The van der Waals surface area contributed by atoms with Crippen molar-refractivity contribution in [3.8, 4) is 11.1 Å². The molecule has 0 spiro atoms. The maximum atomic E-state index is 13.8. The Bertz CT molecular complexity index is 1790. The molecule has 54 heavy (non-hydrogen) atoms. The van der Waals surface area contributed by atoms with Gasteiger partial charge in [0, 0.05) is 18.9 Å². The number of ether oxygens (including phenoxy) is 2. The van der Waals surface area contributed by atoms with Gasteiger partial charge in [0.05, 0.1) is 24.6 Å². The normalized spacial score (nSPS) is 16.4. The fraction of sp³-hybridized carbons (Fsp3) is 0.409. The smallest absolute Gasteiger partial charge is 0.407 e. The molecule has 0 saturated heterocycles. The Hall–Kier alpha value is -5.22. The number of hydrogen-bond acceptors (Lipinski definition) is 7. The Morgan fingerprint density at radius 3 is 2.13 bits per heavy atom. The summed E-state index contributed by atoms with van der Waals surface area (Å²) < 4.78 is 11.5. The van der Waals surface area contributed by atoms with Crippen LogP contribution in [0.4, 0.5) is 4.79 Å². The largest absolute Gasteiger partial charge is 0.462 e. The fourth-order valence-corrected chi connectivity index (χ4v) is 7.23. The third kappa shape index (κ3) is 9.65. The number of esters is 1. The van der Waals surface area contributed by atoms with Gasteiger partial charge in [0.15, 0.2) is 0 Å². The minimum Gasteiger partial charge on any atom is -0.462 e. The highest BCUT2D eigenvalue weighted by Gasteiger charge is 2.35. The van der Waals surface area contributed by atoms with E-state index in [-0.39, 0.29) is 62.9 Å². The summed E-state index contributed by atoms with van der Waals surface area (Å²) in [6.07, 6.45) is 3.95. The number of allylic oxidation sites excluding steroid dienone is 2. The molecule has 3 aromatic carbocycles. The van der Waals surface area contributed by atoms with Crippen LogP contribution in [0.1, 0.15) is 74.6 Å². The van der Waals surface area contributed by atoms with Gasteiger partial charge in [0.1, 0.15) is 19.3 Å². The molecule has 10 nitrogen and oxygen atoms in total. The number of carbonyl (C=O) groups excluding carboxylic acids is 4. The maximum Gasteiger partial charge on any atom is 0.407 e. The van der Waals surface area contributed by atoms with Crippen LogP contribution in [0.15, 0.2) is 98.1 Å². The first-order chi connectivity index (χ1) is 25.9. The lowest BCUT2D eigenvalue weighted by Gasteiger charge is -2.37. The number of nitrogens with zero attached hydrogens (tertiary/aromatic N) is 1. The first-order valence-corrected chi connectivity index (χ1v) is 18.7. The van der Waals surface area contributed by atoms with Gasteiger partial charge in [-0.25, -0.2) is 9.59 Å². The van der Waals surface area contributed by atoms with E-state index in [1.807, 2.05) is 81.4 Å². The molecule has 4 atom stereocenters. The second-order valence-electron chi connectivity index (χ2n) is 15.2. The van der Waals surface area contributed by atoms with Crippen LogP contribution in [-0.2, 0) is 36.8 Å². The van der Waals surface area contributed by atoms with Crippen molar-refractivity contribution in [1.82, 2.24) is 15.5 Å². The number of nitrogens with one attached hydrogen (secondary N) is 2. The van der Waals surface area contributed by atoms with Crippen molar-refractivity contribution in [2.24, 2.45) is 11.3 Å². The zero-order chi connectivity index (χ0) is 38.8. The van der Waals surface area contributed by atoms with Crippen molar-refractivity contribution >= 4 is 23.9 Å².